The molecule has 0 aromatic heterocycles. The van der Waals surface area contributed by atoms with Gasteiger partial charge in [-0.05, 0) is 37.3 Å². The predicted octanol–water partition coefficient (Wildman–Crippen LogP) is 4.11. The smallest absolute Gasteiger partial charge is 0.0639 e. The van der Waals surface area contributed by atoms with Gasteiger partial charge in [0.25, 0.3) is 0 Å². The Kier molecular flexibility index (Phi) is 11.5. The first-order valence-electron chi connectivity index (χ1n) is 7.01. The lowest BCUT2D eigenvalue weighted by atomic mass is 10.0. The number of rotatable bonds is 11. The molecule has 1 N–H and O–H groups in total. The number of nitrogens with one attached hydrogen (secondary N) is 1. The first-order chi connectivity index (χ1) is 8.10. The Morgan fingerprint density at radius 2 is 1.88 bits per heavy atom. The second kappa shape index (κ2) is 11.4. The maximum atomic E-state index is 5.62. The fraction of sp³-hybridized carbons (Fsp3) is 1.00. The Balaban J connectivity index is 3.47. The minimum absolute atomic E-state index is 0.593. The molecule has 2 nitrogen and oxygen atoms in total. The third-order valence-corrected chi connectivity index (χ3v) is 3.99. The summed E-state index contributed by atoms with van der Waals surface area (Å²) in [7, 11) is 2.05. The largest absolute Gasteiger partial charge is 0.316 e. The van der Waals surface area contributed by atoms with Gasteiger partial charge in [0.15, 0.2) is 0 Å². The van der Waals surface area contributed by atoms with Gasteiger partial charge < -0.3 is 9.50 Å². The van der Waals surface area contributed by atoms with E-state index in [0.29, 0.717) is 12.0 Å². The van der Waals surface area contributed by atoms with Crippen LogP contribution >= 0.6 is 12.0 Å². The van der Waals surface area contributed by atoms with Gasteiger partial charge in [0.05, 0.1) is 6.61 Å². The molecule has 0 bridgehead atoms. The van der Waals surface area contributed by atoms with Crippen molar-refractivity contribution in [2.75, 3.05) is 19.4 Å². The molecule has 0 saturated heterocycles. The topological polar surface area (TPSA) is 21.3 Å². The molecule has 2 unspecified atom stereocenters. The summed E-state index contributed by atoms with van der Waals surface area (Å²) in [5.74, 6) is 2.56. The van der Waals surface area contributed by atoms with E-state index in [2.05, 4.69) is 40.1 Å². The Morgan fingerprint density at radius 3 is 2.41 bits per heavy atom. The summed E-state index contributed by atoms with van der Waals surface area (Å²) in [4.78, 5) is 0. The van der Waals surface area contributed by atoms with Gasteiger partial charge in [-0.25, -0.2) is 0 Å². The van der Waals surface area contributed by atoms with E-state index in [9.17, 15) is 0 Å². The van der Waals surface area contributed by atoms with Crippen molar-refractivity contribution < 1.29 is 4.18 Å². The maximum absolute atomic E-state index is 5.62. The second-order valence-corrected chi connectivity index (χ2v) is 6.20. The highest BCUT2D eigenvalue weighted by molar-refractivity contribution is 7.94. The van der Waals surface area contributed by atoms with E-state index in [1.165, 1.54) is 25.7 Å². The highest BCUT2D eigenvalue weighted by atomic mass is 32.2. The fourth-order valence-corrected chi connectivity index (χ4v) is 2.42. The van der Waals surface area contributed by atoms with Crippen molar-refractivity contribution in [1.82, 2.24) is 5.32 Å². The molecule has 0 rings (SSSR count). The van der Waals surface area contributed by atoms with Gasteiger partial charge in [0.1, 0.15) is 0 Å². The molecule has 0 aromatic carbocycles. The monoisotopic (exact) mass is 261 g/mol. The third kappa shape index (κ3) is 11.1. The predicted molar refractivity (Wildman–Crippen MR) is 79.4 cm³/mol. The lowest BCUT2D eigenvalue weighted by Gasteiger charge is -2.16. The van der Waals surface area contributed by atoms with Crippen LogP contribution in [0.4, 0.5) is 0 Å². The molecule has 0 radical (unpaired) electrons. The van der Waals surface area contributed by atoms with Crippen LogP contribution in [0.25, 0.3) is 0 Å². The molecule has 2 atom stereocenters. The van der Waals surface area contributed by atoms with Gasteiger partial charge in [0, 0.05) is 11.8 Å². The average Bonchev–Trinajstić information content (AvgIpc) is 2.31. The molecule has 0 amide bonds. The van der Waals surface area contributed by atoms with E-state index in [1.807, 2.05) is 0 Å². The van der Waals surface area contributed by atoms with Crippen LogP contribution in [-0.2, 0) is 4.18 Å². The van der Waals surface area contributed by atoms with Gasteiger partial charge in [-0.1, -0.05) is 47.0 Å². The molecule has 0 saturated carbocycles. The van der Waals surface area contributed by atoms with Crippen LogP contribution < -0.4 is 5.32 Å². The normalized spacial score (nSPS) is 15.2. The van der Waals surface area contributed by atoms with E-state index in [4.69, 9.17) is 4.18 Å². The molecular weight excluding hydrogens is 230 g/mol. The first kappa shape index (κ1) is 17.3. The first-order valence-corrected chi connectivity index (χ1v) is 7.92. The van der Waals surface area contributed by atoms with Crippen molar-refractivity contribution in [3.05, 3.63) is 0 Å². The van der Waals surface area contributed by atoms with Crippen molar-refractivity contribution >= 4 is 12.0 Å². The summed E-state index contributed by atoms with van der Waals surface area (Å²) in [6, 6.07) is 0.593. The molecule has 0 aliphatic heterocycles. The molecule has 0 heterocycles. The summed E-state index contributed by atoms with van der Waals surface area (Å²) < 4.78 is 5.62. The summed E-state index contributed by atoms with van der Waals surface area (Å²) in [6.45, 7) is 9.90. The fourth-order valence-electron chi connectivity index (χ4n) is 1.50. The highest BCUT2D eigenvalue weighted by Crippen LogP contribution is 2.14. The third-order valence-electron chi connectivity index (χ3n) is 3.14. The second-order valence-electron chi connectivity index (χ2n) is 5.39. The Morgan fingerprint density at radius 1 is 1.18 bits per heavy atom. The average molecular weight is 261 g/mol. The van der Waals surface area contributed by atoms with Gasteiger partial charge >= 0.3 is 0 Å². The minimum atomic E-state index is 0.593. The highest BCUT2D eigenvalue weighted by Gasteiger charge is 2.07. The molecule has 0 aromatic rings. The van der Waals surface area contributed by atoms with Crippen LogP contribution in [0.1, 0.15) is 53.4 Å². The molecule has 0 fully saturated rings. The molecular formula is C14H31NOS. The summed E-state index contributed by atoms with van der Waals surface area (Å²) in [6.07, 6.45) is 5.10. The molecule has 0 spiro atoms. The van der Waals surface area contributed by atoms with Gasteiger partial charge in [-0.2, -0.15) is 0 Å². The number of hydrogen-bond acceptors (Lipinski definition) is 3. The van der Waals surface area contributed by atoms with Crippen LogP contribution in [0, 0.1) is 11.8 Å². The summed E-state index contributed by atoms with van der Waals surface area (Å²) in [5, 5.41) is 3.38. The van der Waals surface area contributed by atoms with Gasteiger partial charge in [-0.15, -0.1) is 0 Å². The van der Waals surface area contributed by atoms with E-state index >= 15 is 0 Å². The van der Waals surface area contributed by atoms with Crippen LogP contribution in [0.15, 0.2) is 0 Å². The Bertz CT molecular complexity index is 164. The zero-order valence-electron chi connectivity index (χ0n) is 12.3. The van der Waals surface area contributed by atoms with Crippen LogP contribution in [-0.4, -0.2) is 25.4 Å². The van der Waals surface area contributed by atoms with Crippen LogP contribution in [0.5, 0.6) is 0 Å². The van der Waals surface area contributed by atoms with Crippen LogP contribution in [0.2, 0.25) is 0 Å². The van der Waals surface area contributed by atoms with Crippen molar-refractivity contribution in [1.29, 1.82) is 0 Å². The zero-order chi connectivity index (χ0) is 13.1. The lowest BCUT2D eigenvalue weighted by Crippen LogP contribution is -2.27. The van der Waals surface area contributed by atoms with Crippen molar-refractivity contribution in [2.45, 2.75) is 59.4 Å². The van der Waals surface area contributed by atoms with E-state index < -0.39 is 0 Å². The van der Waals surface area contributed by atoms with E-state index in [-0.39, 0.29) is 0 Å². The van der Waals surface area contributed by atoms with Crippen molar-refractivity contribution in [3.8, 4) is 0 Å². The summed E-state index contributed by atoms with van der Waals surface area (Å²) in [5.41, 5.74) is 0. The SMILES string of the molecule is CCC(C)COSCC(CCCC(C)C)NC. The molecule has 0 aliphatic rings. The minimum Gasteiger partial charge on any atom is -0.316 e. The van der Waals surface area contributed by atoms with Gasteiger partial charge in [0.2, 0.25) is 0 Å². The summed E-state index contributed by atoms with van der Waals surface area (Å²) >= 11 is 1.63. The standard InChI is InChI=1S/C14H31NOS/c1-6-13(4)10-16-17-11-14(15-5)9-7-8-12(2)3/h12-15H,6-11H2,1-5H3. The molecule has 104 valence electrons. The maximum Gasteiger partial charge on any atom is 0.0639 e. The Labute approximate surface area is 112 Å². The molecule has 0 aliphatic carbocycles. The lowest BCUT2D eigenvalue weighted by molar-refractivity contribution is 0.295. The van der Waals surface area contributed by atoms with Crippen molar-refractivity contribution in [3.63, 3.8) is 0 Å². The quantitative estimate of drug-likeness (QED) is 0.447. The zero-order valence-corrected chi connectivity index (χ0v) is 13.1. The molecule has 17 heavy (non-hydrogen) atoms. The molecule has 3 heteroatoms. The van der Waals surface area contributed by atoms with Crippen molar-refractivity contribution in [2.24, 2.45) is 11.8 Å². The Hall–Kier alpha value is 0.270. The number of hydrogen-bond donors (Lipinski definition) is 1. The van der Waals surface area contributed by atoms with E-state index in [0.717, 1.165) is 18.3 Å². The van der Waals surface area contributed by atoms with E-state index in [1.54, 1.807) is 12.0 Å². The van der Waals surface area contributed by atoms with Crippen LogP contribution in [0.3, 0.4) is 0 Å². The van der Waals surface area contributed by atoms with Gasteiger partial charge in [-0.3, -0.25) is 0 Å².